The summed E-state index contributed by atoms with van der Waals surface area (Å²) in [5, 5.41) is 10.6. The number of isocyanates is 1. The van der Waals surface area contributed by atoms with Crippen molar-refractivity contribution in [1.29, 1.82) is 0 Å². The summed E-state index contributed by atoms with van der Waals surface area (Å²) in [5.74, 6) is 0. The third kappa shape index (κ3) is 3.05. The first-order chi connectivity index (χ1) is 9.13. The Morgan fingerprint density at radius 1 is 1.30 bits per heavy atom. The van der Waals surface area contributed by atoms with E-state index < -0.39 is 35.7 Å². The zero-order valence-corrected chi connectivity index (χ0v) is 11.5. The fourth-order valence-corrected chi connectivity index (χ4v) is 3.51. The van der Waals surface area contributed by atoms with Crippen molar-refractivity contribution in [2.75, 3.05) is 7.05 Å². The minimum atomic E-state index is -4.77. The van der Waals surface area contributed by atoms with Gasteiger partial charge in [-0.1, -0.05) is 14.2 Å². The molecule has 0 atom stereocenters. The maximum absolute atomic E-state index is 12.0. The van der Waals surface area contributed by atoms with Crippen LogP contribution >= 0.6 is 0 Å². The summed E-state index contributed by atoms with van der Waals surface area (Å²) in [6.45, 7) is 0. The molecular formula is C8H7N3O7S2. The van der Waals surface area contributed by atoms with Gasteiger partial charge in [-0.3, -0.25) is 10.1 Å². The van der Waals surface area contributed by atoms with E-state index in [9.17, 15) is 31.7 Å². The molecule has 0 heterocycles. The SMILES string of the molecule is CN(S(=O)(=O)N=C=O)S(=O)(=O)c1cccc([N+](=O)[O-])c1. The molecule has 0 spiro atoms. The lowest BCUT2D eigenvalue weighted by Crippen LogP contribution is -2.31. The van der Waals surface area contributed by atoms with Gasteiger partial charge >= 0.3 is 10.2 Å². The van der Waals surface area contributed by atoms with E-state index in [0.29, 0.717) is 19.2 Å². The van der Waals surface area contributed by atoms with Crippen molar-refractivity contribution in [2.24, 2.45) is 4.40 Å². The average molecular weight is 321 g/mol. The second-order valence-electron chi connectivity index (χ2n) is 3.30. The molecule has 0 unspecified atom stereocenters. The quantitative estimate of drug-likeness (QED) is 0.316. The number of nitro groups is 1. The van der Waals surface area contributed by atoms with Crippen molar-refractivity contribution in [3.8, 4) is 0 Å². The van der Waals surface area contributed by atoms with Gasteiger partial charge in [-0.15, -0.1) is 0 Å². The molecule has 12 heteroatoms. The van der Waals surface area contributed by atoms with Crippen LogP contribution in [0.15, 0.2) is 33.6 Å². The van der Waals surface area contributed by atoms with Crippen LogP contribution in [0, 0.1) is 10.1 Å². The van der Waals surface area contributed by atoms with Gasteiger partial charge in [-0.25, -0.2) is 13.2 Å². The third-order valence-corrected chi connectivity index (χ3v) is 5.78. The normalized spacial score (nSPS) is 11.9. The fraction of sp³-hybridized carbons (Fsp3) is 0.125. The summed E-state index contributed by atoms with van der Waals surface area (Å²) < 4.78 is 48.8. The minimum absolute atomic E-state index is 0.177. The Bertz CT molecular complexity index is 793. The molecule has 0 N–H and O–H groups in total. The van der Waals surface area contributed by atoms with Crippen LogP contribution in [0.4, 0.5) is 5.69 Å². The zero-order chi connectivity index (χ0) is 15.6. The Kier molecular flexibility index (Phi) is 4.35. The van der Waals surface area contributed by atoms with Crippen LogP contribution in [-0.2, 0) is 25.0 Å². The molecule has 1 aromatic carbocycles. The van der Waals surface area contributed by atoms with E-state index in [1.165, 1.54) is 0 Å². The van der Waals surface area contributed by atoms with Crippen LogP contribution in [-0.4, -0.2) is 38.6 Å². The number of carbonyl (C=O) groups excluding carboxylic acids is 1. The lowest BCUT2D eigenvalue weighted by molar-refractivity contribution is -0.385. The number of nitrogens with zero attached hydrogens (tertiary/aromatic N) is 3. The van der Waals surface area contributed by atoms with E-state index in [2.05, 4.69) is 4.40 Å². The molecule has 108 valence electrons. The number of hydrogen-bond acceptors (Lipinski definition) is 7. The van der Waals surface area contributed by atoms with Gasteiger partial charge in [0.2, 0.25) is 0 Å². The fourth-order valence-electron chi connectivity index (χ4n) is 1.13. The van der Waals surface area contributed by atoms with Crippen molar-refractivity contribution in [1.82, 2.24) is 3.71 Å². The molecule has 0 saturated heterocycles. The molecule has 0 aliphatic carbocycles. The summed E-state index contributed by atoms with van der Waals surface area (Å²) in [5.41, 5.74) is -0.532. The standard InChI is InChI=1S/C8H7N3O7S2/c1-10(20(17,18)9-6-12)19(15,16)8-4-2-3-7(5-8)11(13)14/h2-5H,1H3. The largest absolute Gasteiger partial charge is 0.345 e. The van der Waals surface area contributed by atoms with E-state index in [4.69, 9.17) is 0 Å². The van der Waals surface area contributed by atoms with Gasteiger partial charge in [0.25, 0.3) is 21.8 Å². The molecule has 0 bridgehead atoms. The first-order valence-corrected chi connectivity index (χ1v) is 7.54. The van der Waals surface area contributed by atoms with Gasteiger partial charge in [0.1, 0.15) is 0 Å². The number of rotatable bonds is 5. The molecule has 1 aromatic rings. The smallest absolute Gasteiger partial charge is 0.258 e. The predicted molar refractivity (Wildman–Crippen MR) is 65.1 cm³/mol. The van der Waals surface area contributed by atoms with Gasteiger partial charge in [0.05, 0.1) is 9.82 Å². The Morgan fingerprint density at radius 3 is 2.40 bits per heavy atom. The van der Waals surface area contributed by atoms with Crippen LogP contribution < -0.4 is 0 Å². The maximum Gasteiger partial charge on any atom is 0.345 e. The Hall–Kier alpha value is -2.14. The summed E-state index contributed by atoms with van der Waals surface area (Å²) >= 11 is 0. The summed E-state index contributed by atoms with van der Waals surface area (Å²) in [7, 11) is -8.74. The van der Waals surface area contributed by atoms with Gasteiger partial charge in [-0.05, 0) is 6.07 Å². The Labute approximate surface area is 113 Å². The highest BCUT2D eigenvalue weighted by Crippen LogP contribution is 2.22. The molecule has 0 saturated carbocycles. The number of nitro benzene ring substituents is 1. The van der Waals surface area contributed by atoms with E-state index in [1.54, 1.807) is 0 Å². The summed E-state index contributed by atoms with van der Waals surface area (Å²) in [6, 6.07) is 3.77. The Morgan fingerprint density at radius 2 is 1.90 bits per heavy atom. The lowest BCUT2D eigenvalue weighted by atomic mass is 10.3. The first kappa shape index (κ1) is 15.9. The first-order valence-electron chi connectivity index (χ1n) is 4.70. The molecule has 0 fully saturated rings. The molecule has 0 aliphatic heterocycles. The van der Waals surface area contributed by atoms with Crippen LogP contribution in [0.1, 0.15) is 0 Å². The third-order valence-electron chi connectivity index (χ3n) is 2.14. The van der Waals surface area contributed by atoms with E-state index in [1.807, 2.05) is 0 Å². The van der Waals surface area contributed by atoms with Crippen molar-refractivity contribution in [3.05, 3.63) is 34.4 Å². The van der Waals surface area contributed by atoms with Crippen LogP contribution in [0.2, 0.25) is 0 Å². The van der Waals surface area contributed by atoms with Crippen LogP contribution in [0.25, 0.3) is 0 Å². The van der Waals surface area contributed by atoms with Crippen molar-refractivity contribution in [3.63, 3.8) is 0 Å². The van der Waals surface area contributed by atoms with Crippen molar-refractivity contribution in [2.45, 2.75) is 4.90 Å². The molecule has 20 heavy (non-hydrogen) atoms. The average Bonchev–Trinajstić information content (AvgIpc) is 2.37. The minimum Gasteiger partial charge on any atom is -0.258 e. The van der Waals surface area contributed by atoms with Crippen molar-refractivity contribution < 1.29 is 26.6 Å². The van der Waals surface area contributed by atoms with E-state index in [-0.39, 0.29) is 3.71 Å². The molecule has 0 aromatic heterocycles. The number of sulfonamides is 1. The van der Waals surface area contributed by atoms with Gasteiger partial charge in [0.15, 0.2) is 0 Å². The highest BCUT2D eigenvalue weighted by atomic mass is 32.3. The van der Waals surface area contributed by atoms with Gasteiger partial charge in [0, 0.05) is 19.2 Å². The number of benzene rings is 1. The molecule has 1 rings (SSSR count). The van der Waals surface area contributed by atoms with E-state index >= 15 is 0 Å². The highest BCUT2D eigenvalue weighted by Gasteiger charge is 2.32. The number of non-ortho nitro benzene ring substituents is 1. The maximum atomic E-state index is 12.0. The summed E-state index contributed by atoms with van der Waals surface area (Å²) in [4.78, 5) is 19.0. The van der Waals surface area contributed by atoms with Crippen LogP contribution in [0.3, 0.4) is 0 Å². The predicted octanol–water partition coefficient (Wildman–Crippen LogP) is -0.204. The van der Waals surface area contributed by atoms with Crippen molar-refractivity contribution >= 4 is 32.0 Å². The van der Waals surface area contributed by atoms with Crippen LogP contribution in [0.5, 0.6) is 0 Å². The second-order valence-corrected chi connectivity index (χ2v) is 7.13. The molecule has 10 nitrogen and oxygen atoms in total. The zero-order valence-electron chi connectivity index (χ0n) is 9.83. The lowest BCUT2D eigenvalue weighted by Gasteiger charge is -2.13. The van der Waals surface area contributed by atoms with Gasteiger partial charge in [-0.2, -0.15) is 8.42 Å². The van der Waals surface area contributed by atoms with Gasteiger partial charge < -0.3 is 0 Å². The Balaban J connectivity index is 3.41. The molecule has 0 aliphatic rings. The molecular weight excluding hydrogens is 314 g/mol. The number of hydrogen-bond donors (Lipinski definition) is 0. The highest BCUT2D eigenvalue weighted by molar-refractivity contribution is 8.03. The topological polar surface area (TPSA) is 144 Å². The summed E-state index contributed by atoms with van der Waals surface area (Å²) in [6.07, 6.45) is 0.715. The van der Waals surface area contributed by atoms with E-state index in [0.717, 1.165) is 18.2 Å². The molecule has 0 amide bonds. The molecule has 0 radical (unpaired) electrons. The monoisotopic (exact) mass is 321 g/mol. The second kappa shape index (κ2) is 5.46.